The van der Waals surface area contributed by atoms with Crippen molar-refractivity contribution in [1.82, 2.24) is 4.98 Å². The number of ether oxygens (including phenoxy) is 3. The summed E-state index contributed by atoms with van der Waals surface area (Å²) in [5.74, 6) is 2.38. The molecule has 0 amide bonds. The monoisotopic (exact) mass is 515 g/mol. The van der Waals surface area contributed by atoms with E-state index in [4.69, 9.17) is 18.6 Å². The minimum atomic E-state index is 0.546. The van der Waals surface area contributed by atoms with Crippen LogP contribution in [0.3, 0.4) is 0 Å². The molecule has 5 nitrogen and oxygen atoms in total. The zero-order chi connectivity index (χ0) is 26.5. The van der Waals surface area contributed by atoms with Gasteiger partial charge >= 0.3 is 0 Å². The molecule has 4 aromatic carbocycles. The molecule has 0 bridgehead atoms. The van der Waals surface area contributed by atoms with Crippen molar-refractivity contribution in [1.29, 1.82) is 0 Å². The first-order valence-corrected chi connectivity index (χ1v) is 13.4. The molecule has 194 valence electrons. The van der Waals surface area contributed by atoms with E-state index in [2.05, 4.69) is 53.5 Å². The summed E-state index contributed by atoms with van der Waals surface area (Å²) in [4.78, 5) is 4.66. The van der Waals surface area contributed by atoms with E-state index in [0.29, 0.717) is 23.0 Å². The lowest BCUT2D eigenvalue weighted by Crippen LogP contribution is -2.03. The minimum absolute atomic E-state index is 0.546. The van der Waals surface area contributed by atoms with E-state index in [9.17, 15) is 0 Å². The second kappa shape index (κ2) is 9.35. The number of furan rings is 1. The van der Waals surface area contributed by atoms with Gasteiger partial charge < -0.3 is 18.6 Å². The van der Waals surface area contributed by atoms with Crippen LogP contribution in [-0.2, 0) is 12.8 Å². The molecule has 0 unspecified atom stereocenters. The minimum Gasteiger partial charge on any atom is -0.493 e. The molecule has 0 spiro atoms. The molecule has 39 heavy (non-hydrogen) atoms. The van der Waals surface area contributed by atoms with Crippen molar-refractivity contribution in [2.24, 2.45) is 0 Å². The zero-order valence-corrected chi connectivity index (χ0v) is 22.3. The summed E-state index contributed by atoms with van der Waals surface area (Å²) in [5.41, 5.74) is 7.56. The maximum absolute atomic E-state index is 6.57. The number of rotatable bonds is 5. The van der Waals surface area contributed by atoms with E-state index < -0.39 is 0 Å². The highest BCUT2D eigenvalue weighted by atomic mass is 16.5. The predicted molar refractivity (Wildman–Crippen MR) is 156 cm³/mol. The number of nitrogens with zero attached hydrogens (tertiary/aromatic N) is 1. The van der Waals surface area contributed by atoms with Gasteiger partial charge in [-0.05, 0) is 88.2 Å². The third-order valence-corrected chi connectivity index (χ3v) is 8.02. The molecule has 1 aliphatic rings. The van der Waals surface area contributed by atoms with Gasteiger partial charge in [0.15, 0.2) is 17.1 Å². The fourth-order valence-corrected chi connectivity index (χ4v) is 6.17. The highest BCUT2D eigenvalue weighted by Gasteiger charge is 2.21. The first-order valence-electron chi connectivity index (χ1n) is 13.4. The smallest absolute Gasteiger partial charge is 0.203 e. The molecule has 2 heterocycles. The number of aromatic nitrogens is 1. The van der Waals surface area contributed by atoms with Gasteiger partial charge in [-0.15, -0.1) is 0 Å². The molecule has 2 aromatic heterocycles. The van der Waals surface area contributed by atoms with Crippen LogP contribution in [0.4, 0.5) is 0 Å². The van der Waals surface area contributed by atoms with Crippen molar-refractivity contribution in [2.75, 3.05) is 21.3 Å². The molecular formula is C34H29NO4. The first kappa shape index (κ1) is 23.6. The molecular weight excluding hydrogens is 486 g/mol. The highest BCUT2D eigenvalue weighted by molar-refractivity contribution is 6.16. The van der Waals surface area contributed by atoms with E-state index >= 15 is 0 Å². The maximum atomic E-state index is 6.57. The lowest BCUT2D eigenvalue weighted by molar-refractivity contribution is 0.324. The van der Waals surface area contributed by atoms with Crippen LogP contribution in [0.5, 0.6) is 17.2 Å². The zero-order valence-electron chi connectivity index (χ0n) is 22.3. The number of methoxy groups -OCH3 is 3. The van der Waals surface area contributed by atoms with Crippen molar-refractivity contribution in [3.63, 3.8) is 0 Å². The summed E-state index contributed by atoms with van der Waals surface area (Å²) in [6, 6.07) is 23.5. The largest absolute Gasteiger partial charge is 0.493 e. The third kappa shape index (κ3) is 3.72. The number of fused-ring (bicyclic) bond motifs is 6. The summed E-state index contributed by atoms with van der Waals surface area (Å²) in [5, 5.41) is 5.14. The van der Waals surface area contributed by atoms with Crippen molar-refractivity contribution in [3.8, 4) is 39.7 Å². The van der Waals surface area contributed by atoms with Crippen LogP contribution < -0.4 is 14.2 Å². The fourth-order valence-electron chi connectivity index (χ4n) is 6.17. The Morgan fingerprint density at radius 2 is 1.44 bits per heavy atom. The first-order chi connectivity index (χ1) is 19.2. The summed E-state index contributed by atoms with van der Waals surface area (Å²) in [6.45, 7) is 0. The lowest BCUT2D eigenvalue weighted by atomic mass is 9.84. The Kier molecular flexibility index (Phi) is 5.66. The second-order valence-electron chi connectivity index (χ2n) is 10.1. The standard InChI is InChI=1S/C34H29NO4/c1-36-31-16-21(17-32(37-2)34(31)38-3)30-19-29-33(39-30)26(14-15-35-29)28-18-27-22-9-5-4-8-20(22)12-13-25(27)23-10-6-7-11-24(23)28/h6-7,10-19H,4-5,8-9H2,1-3H3. The van der Waals surface area contributed by atoms with E-state index in [-0.39, 0.29) is 0 Å². The van der Waals surface area contributed by atoms with Crippen LogP contribution >= 0.6 is 0 Å². The highest BCUT2D eigenvalue weighted by Crippen LogP contribution is 2.44. The quantitative estimate of drug-likeness (QED) is 0.216. The number of hydrogen-bond acceptors (Lipinski definition) is 5. The Labute approximate surface area is 226 Å². The fraction of sp³-hybridized carbons (Fsp3) is 0.206. The predicted octanol–water partition coefficient (Wildman–Crippen LogP) is 8.37. The van der Waals surface area contributed by atoms with Crippen LogP contribution in [0.15, 0.2) is 77.3 Å². The van der Waals surface area contributed by atoms with Crippen LogP contribution in [0.25, 0.3) is 55.1 Å². The normalized spacial score (nSPS) is 13.1. The number of pyridine rings is 1. The molecule has 0 N–H and O–H groups in total. The number of benzene rings is 4. The van der Waals surface area contributed by atoms with Gasteiger partial charge in [0.25, 0.3) is 0 Å². The van der Waals surface area contributed by atoms with Gasteiger partial charge in [-0.3, -0.25) is 4.98 Å². The Morgan fingerprint density at radius 1 is 0.692 bits per heavy atom. The van der Waals surface area contributed by atoms with Gasteiger partial charge in [-0.25, -0.2) is 0 Å². The molecule has 5 heteroatoms. The van der Waals surface area contributed by atoms with Crippen molar-refractivity contribution >= 4 is 32.6 Å². The Morgan fingerprint density at radius 3 is 2.21 bits per heavy atom. The van der Waals surface area contributed by atoms with Gasteiger partial charge in [-0.1, -0.05) is 36.4 Å². The SMILES string of the molecule is COc1cc(-c2cc3nccc(-c4cc5c6c(ccc5c5ccccc45)CCCC6)c3o2)cc(OC)c1OC. The van der Waals surface area contributed by atoms with Gasteiger partial charge in [0.2, 0.25) is 5.75 Å². The van der Waals surface area contributed by atoms with E-state index in [1.807, 2.05) is 24.4 Å². The molecule has 0 aliphatic heterocycles. The summed E-state index contributed by atoms with van der Waals surface area (Å²) in [6.07, 6.45) is 6.65. The molecule has 0 saturated carbocycles. The molecule has 7 rings (SSSR count). The summed E-state index contributed by atoms with van der Waals surface area (Å²) < 4.78 is 23.2. The molecule has 0 fully saturated rings. The van der Waals surface area contributed by atoms with E-state index in [1.165, 1.54) is 45.5 Å². The van der Waals surface area contributed by atoms with Crippen LogP contribution in [0.2, 0.25) is 0 Å². The molecule has 1 aliphatic carbocycles. The Hall–Kier alpha value is -4.51. The van der Waals surface area contributed by atoms with E-state index in [1.54, 1.807) is 21.3 Å². The van der Waals surface area contributed by atoms with Gasteiger partial charge in [0, 0.05) is 23.4 Å². The molecule has 0 saturated heterocycles. The van der Waals surface area contributed by atoms with Crippen LogP contribution in [0.1, 0.15) is 24.0 Å². The van der Waals surface area contributed by atoms with Crippen molar-refractivity contribution in [2.45, 2.75) is 25.7 Å². The summed E-state index contributed by atoms with van der Waals surface area (Å²) in [7, 11) is 4.83. The maximum Gasteiger partial charge on any atom is 0.203 e. The van der Waals surface area contributed by atoms with Gasteiger partial charge in [-0.2, -0.15) is 0 Å². The average Bonchev–Trinajstić information content (AvgIpc) is 3.44. The van der Waals surface area contributed by atoms with Crippen LogP contribution in [0, 0.1) is 0 Å². The van der Waals surface area contributed by atoms with Gasteiger partial charge in [0.05, 0.1) is 21.3 Å². The number of aryl methyl sites for hydroxylation is 2. The average molecular weight is 516 g/mol. The Balaban J connectivity index is 1.48. The Bertz CT molecular complexity index is 1860. The molecule has 0 atom stereocenters. The molecule has 0 radical (unpaired) electrons. The van der Waals surface area contributed by atoms with E-state index in [0.717, 1.165) is 40.6 Å². The third-order valence-electron chi connectivity index (χ3n) is 8.02. The van der Waals surface area contributed by atoms with Crippen molar-refractivity contribution < 1.29 is 18.6 Å². The lowest BCUT2D eigenvalue weighted by Gasteiger charge is -2.20. The molecule has 6 aromatic rings. The van der Waals surface area contributed by atoms with Crippen LogP contribution in [-0.4, -0.2) is 26.3 Å². The number of hydrogen-bond donors (Lipinski definition) is 0. The van der Waals surface area contributed by atoms with Gasteiger partial charge in [0.1, 0.15) is 11.3 Å². The summed E-state index contributed by atoms with van der Waals surface area (Å²) >= 11 is 0. The second-order valence-corrected chi connectivity index (χ2v) is 10.1. The van der Waals surface area contributed by atoms with Crippen molar-refractivity contribution in [3.05, 3.63) is 84.1 Å². The topological polar surface area (TPSA) is 53.7 Å².